The Balaban J connectivity index is 1.99. The van der Waals surface area contributed by atoms with Crippen molar-refractivity contribution in [1.82, 2.24) is 29.3 Å². The number of hydrogen-bond acceptors (Lipinski definition) is 3. The lowest BCUT2D eigenvalue weighted by Gasteiger charge is -2.09. The number of rotatable bonds is 3. The largest absolute Gasteiger partial charge is 0.272 e. The standard InChI is InChI=1S/C19H19ClN6/c1-12-14(10-21-24(12)3)17-9-19(15-11-22-25(4)13(15)2)26(23-17)18-8-6-5-7-16(18)20/h5-11H,1-4H3. The summed E-state index contributed by atoms with van der Waals surface area (Å²) < 4.78 is 5.58. The Labute approximate surface area is 156 Å². The number of aromatic nitrogens is 6. The minimum absolute atomic E-state index is 0.646. The molecule has 0 unspecified atom stereocenters. The molecule has 26 heavy (non-hydrogen) atoms. The number of para-hydroxylation sites is 1. The van der Waals surface area contributed by atoms with Crippen LogP contribution in [0.4, 0.5) is 0 Å². The van der Waals surface area contributed by atoms with Crippen molar-refractivity contribution >= 4 is 11.6 Å². The predicted molar refractivity (Wildman–Crippen MR) is 102 cm³/mol. The summed E-state index contributed by atoms with van der Waals surface area (Å²) in [6.45, 7) is 4.08. The van der Waals surface area contributed by atoms with E-state index >= 15 is 0 Å². The van der Waals surface area contributed by atoms with E-state index in [-0.39, 0.29) is 0 Å². The van der Waals surface area contributed by atoms with Gasteiger partial charge in [0.15, 0.2) is 0 Å². The number of benzene rings is 1. The van der Waals surface area contributed by atoms with Crippen LogP contribution in [0.5, 0.6) is 0 Å². The molecule has 0 radical (unpaired) electrons. The van der Waals surface area contributed by atoms with Crippen LogP contribution in [0.1, 0.15) is 11.4 Å². The minimum Gasteiger partial charge on any atom is -0.272 e. The maximum Gasteiger partial charge on any atom is 0.0968 e. The Hall–Kier alpha value is -2.86. The molecule has 0 saturated carbocycles. The van der Waals surface area contributed by atoms with Gasteiger partial charge in [-0.2, -0.15) is 15.3 Å². The van der Waals surface area contributed by atoms with E-state index < -0.39 is 0 Å². The minimum atomic E-state index is 0.646. The number of halogens is 1. The van der Waals surface area contributed by atoms with E-state index in [1.807, 2.05) is 78.6 Å². The van der Waals surface area contributed by atoms with Gasteiger partial charge in [-0.05, 0) is 32.0 Å². The SMILES string of the molecule is Cc1c(-c2cc(-c3cnn(C)c3C)n(-c3ccccc3Cl)n2)cnn1C. The van der Waals surface area contributed by atoms with Gasteiger partial charge in [0, 0.05) is 36.6 Å². The third-order valence-corrected chi connectivity index (χ3v) is 5.13. The van der Waals surface area contributed by atoms with Crippen molar-refractivity contribution in [2.75, 3.05) is 0 Å². The molecule has 3 aromatic heterocycles. The van der Waals surface area contributed by atoms with Gasteiger partial charge in [0.05, 0.1) is 34.5 Å². The highest BCUT2D eigenvalue weighted by Crippen LogP contribution is 2.33. The first kappa shape index (κ1) is 16.6. The lowest BCUT2D eigenvalue weighted by atomic mass is 10.1. The second-order valence-corrected chi connectivity index (χ2v) is 6.72. The summed E-state index contributed by atoms with van der Waals surface area (Å²) >= 11 is 6.46. The van der Waals surface area contributed by atoms with Crippen LogP contribution in [0, 0.1) is 13.8 Å². The molecule has 4 aromatic rings. The summed E-state index contributed by atoms with van der Waals surface area (Å²) in [5.74, 6) is 0. The number of nitrogens with zero attached hydrogens (tertiary/aromatic N) is 6. The molecule has 0 bridgehead atoms. The maximum atomic E-state index is 6.46. The highest BCUT2D eigenvalue weighted by Gasteiger charge is 2.19. The van der Waals surface area contributed by atoms with Crippen LogP contribution < -0.4 is 0 Å². The second-order valence-electron chi connectivity index (χ2n) is 6.31. The first-order chi connectivity index (χ1) is 12.5. The molecule has 0 aliphatic carbocycles. The summed E-state index contributed by atoms with van der Waals surface area (Å²) in [5, 5.41) is 14.2. The number of aryl methyl sites for hydroxylation is 2. The maximum absolute atomic E-state index is 6.46. The molecule has 0 saturated heterocycles. The van der Waals surface area contributed by atoms with Crippen molar-refractivity contribution in [3.8, 4) is 28.2 Å². The van der Waals surface area contributed by atoms with Gasteiger partial charge in [0.2, 0.25) is 0 Å². The fourth-order valence-corrected chi connectivity index (χ4v) is 3.23. The summed E-state index contributed by atoms with van der Waals surface area (Å²) in [6, 6.07) is 9.77. The molecule has 0 fully saturated rings. The van der Waals surface area contributed by atoms with Crippen molar-refractivity contribution in [2.45, 2.75) is 13.8 Å². The van der Waals surface area contributed by atoms with E-state index in [0.29, 0.717) is 5.02 Å². The molecule has 1 aromatic carbocycles. The molecule has 7 heteroatoms. The predicted octanol–water partition coefficient (Wildman–Crippen LogP) is 3.94. The molecular weight excluding hydrogens is 348 g/mol. The average molecular weight is 367 g/mol. The average Bonchev–Trinajstić information content (AvgIpc) is 3.28. The van der Waals surface area contributed by atoms with Crippen molar-refractivity contribution < 1.29 is 0 Å². The fraction of sp³-hybridized carbons (Fsp3) is 0.211. The molecule has 0 amide bonds. The topological polar surface area (TPSA) is 53.5 Å². The zero-order valence-electron chi connectivity index (χ0n) is 15.1. The van der Waals surface area contributed by atoms with Crippen LogP contribution in [-0.2, 0) is 14.1 Å². The molecule has 132 valence electrons. The van der Waals surface area contributed by atoms with E-state index in [1.54, 1.807) is 0 Å². The van der Waals surface area contributed by atoms with Gasteiger partial charge in [0.25, 0.3) is 0 Å². The first-order valence-corrected chi connectivity index (χ1v) is 8.68. The highest BCUT2D eigenvalue weighted by molar-refractivity contribution is 6.32. The van der Waals surface area contributed by atoms with E-state index in [0.717, 1.165) is 39.6 Å². The quantitative estimate of drug-likeness (QED) is 0.551. The molecule has 0 spiro atoms. The normalized spacial score (nSPS) is 11.3. The van der Waals surface area contributed by atoms with Crippen molar-refractivity contribution in [1.29, 1.82) is 0 Å². The van der Waals surface area contributed by atoms with Crippen LogP contribution in [0.15, 0.2) is 42.7 Å². The Morgan fingerprint density at radius 3 is 2.08 bits per heavy atom. The van der Waals surface area contributed by atoms with Gasteiger partial charge in [-0.25, -0.2) is 4.68 Å². The molecule has 0 atom stereocenters. The van der Waals surface area contributed by atoms with E-state index in [1.165, 1.54) is 0 Å². The zero-order chi connectivity index (χ0) is 18.4. The Bertz CT molecular complexity index is 1100. The molecule has 4 rings (SSSR count). The van der Waals surface area contributed by atoms with E-state index in [4.69, 9.17) is 16.7 Å². The summed E-state index contributed by atoms with van der Waals surface area (Å²) in [7, 11) is 3.86. The lowest BCUT2D eigenvalue weighted by molar-refractivity contribution is 0.740. The molecule has 3 heterocycles. The Kier molecular flexibility index (Phi) is 3.92. The zero-order valence-corrected chi connectivity index (χ0v) is 15.9. The van der Waals surface area contributed by atoms with E-state index in [2.05, 4.69) is 16.3 Å². The van der Waals surface area contributed by atoms with Crippen molar-refractivity contribution in [2.24, 2.45) is 14.1 Å². The Morgan fingerprint density at radius 1 is 0.885 bits per heavy atom. The van der Waals surface area contributed by atoms with Crippen LogP contribution in [0.2, 0.25) is 5.02 Å². The van der Waals surface area contributed by atoms with Crippen LogP contribution in [0.3, 0.4) is 0 Å². The summed E-state index contributed by atoms with van der Waals surface area (Å²) in [6.07, 6.45) is 3.70. The molecule has 0 aliphatic rings. The smallest absolute Gasteiger partial charge is 0.0968 e. The van der Waals surface area contributed by atoms with Gasteiger partial charge in [-0.3, -0.25) is 9.36 Å². The third-order valence-electron chi connectivity index (χ3n) is 4.81. The number of hydrogen-bond donors (Lipinski definition) is 0. The molecule has 6 nitrogen and oxygen atoms in total. The summed E-state index contributed by atoms with van der Waals surface area (Å²) in [4.78, 5) is 0. The summed E-state index contributed by atoms with van der Waals surface area (Å²) in [5.41, 5.74) is 6.78. The monoisotopic (exact) mass is 366 g/mol. The van der Waals surface area contributed by atoms with Crippen LogP contribution >= 0.6 is 11.6 Å². The second kappa shape index (κ2) is 6.14. The van der Waals surface area contributed by atoms with Gasteiger partial charge >= 0.3 is 0 Å². The van der Waals surface area contributed by atoms with Gasteiger partial charge in [0.1, 0.15) is 0 Å². The lowest BCUT2D eigenvalue weighted by Crippen LogP contribution is -2.01. The van der Waals surface area contributed by atoms with Crippen LogP contribution in [0.25, 0.3) is 28.2 Å². The third kappa shape index (κ3) is 2.54. The molecule has 0 N–H and O–H groups in total. The first-order valence-electron chi connectivity index (χ1n) is 8.30. The highest BCUT2D eigenvalue weighted by atomic mass is 35.5. The van der Waals surface area contributed by atoms with Gasteiger partial charge in [-0.1, -0.05) is 23.7 Å². The molecular formula is C19H19ClN6. The van der Waals surface area contributed by atoms with Crippen molar-refractivity contribution in [3.05, 3.63) is 59.1 Å². The fourth-order valence-electron chi connectivity index (χ4n) is 3.01. The molecule has 0 aliphatic heterocycles. The van der Waals surface area contributed by atoms with Crippen LogP contribution in [-0.4, -0.2) is 29.3 Å². The Morgan fingerprint density at radius 2 is 1.50 bits per heavy atom. The van der Waals surface area contributed by atoms with E-state index in [9.17, 15) is 0 Å². The van der Waals surface area contributed by atoms with Gasteiger partial charge < -0.3 is 0 Å². The van der Waals surface area contributed by atoms with Gasteiger partial charge in [-0.15, -0.1) is 0 Å². The van der Waals surface area contributed by atoms with Crippen molar-refractivity contribution in [3.63, 3.8) is 0 Å².